The van der Waals surface area contributed by atoms with Gasteiger partial charge in [-0.25, -0.2) is 0 Å². The number of benzene rings is 3. The number of non-ortho nitro benzene ring substituents is 1. The van der Waals surface area contributed by atoms with Crippen LogP contribution >= 0.6 is 0 Å². The van der Waals surface area contributed by atoms with E-state index in [0.717, 1.165) is 0 Å². The summed E-state index contributed by atoms with van der Waals surface area (Å²) in [6.45, 7) is 0. The maximum atomic E-state index is 13.2. The molecule has 2 N–H and O–H groups in total. The lowest BCUT2D eigenvalue weighted by molar-refractivity contribution is -0.384. The molecule has 0 radical (unpaired) electrons. The van der Waals surface area contributed by atoms with E-state index in [2.05, 4.69) is 0 Å². The minimum Gasteiger partial charge on any atom is -0.507 e. The molecule has 1 aliphatic heterocycles. The number of Topliss-reactive ketones (excluding diaryl/α,β-unsaturated/α-hetero) is 1. The zero-order chi connectivity index (χ0) is 25.3. The quantitative estimate of drug-likeness (QED) is 0.179. The van der Waals surface area contributed by atoms with E-state index in [1.54, 1.807) is 24.3 Å². The number of amides is 1. The number of ether oxygens (including phenoxy) is 2. The molecule has 0 aromatic heterocycles. The van der Waals surface area contributed by atoms with Crippen molar-refractivity contribution in [1.29, 1.82) is 0 Å². The van der Waals surface area contributed by atoms with Crippen molar-refractivity contribution >= 4 is 28.8 Å². The van der Waals surface area contributed by atoms with E-state index >= 15 is 0 Å². The highest BCUT2D eigenvalue weighted by atomic mass is 16.6. The minimum atomic E-state index is -1.08. The molecule has 1 atom stereocenters. The molecule has 3 aromatic carbocycles. The third-order valence-corrected chi connectivity index (χ3v) is 5.67. The van der Waals surface area contributed by atoms with Crippen LogP contribution in [-0.4, -0.2) is 41.0 Å². The molecule has 4 rings (SSSR count). The Morgan fingerprint density at radius 1 is 0.971 bits per heavy atom. The average Bonchev–Trinajstić information content (AvgIpc) is 3.14. The molecule has 0 spiro atoms. The average molecular weight is 476 g/mol. The first kappa shape index (κ1) is 23.3. The molecule has 1 fully saturated rings. The van der Waals surface area contributed by atoms with Crippen molar-refractivity contribution in [3.8, 4) is 17.2 Å². The summed E-state index contributed by atoms with van der Waals surface area (Å²) in [5.41, 5.74) is 0.470. The third-order valence-electron chi connectivity index (χ3n) is 5.67. The molecule has 0 bridgehead atoms. The first-order chi connectivity index (χ1) is 16.8. The summed E-state index contributed by atoms with van der Waals surface area (Å²) in [5.74, 6) is -1.80. The van der Waals surface area contributed by atoms with Gasteiger partial charge in [0.1, 0.15) is 11.5 Å². The Hall–Kier alpha value is -4.86. The lowest BCUT2D eigenvalue weighted by Crippen LogP contribution is -2.29. The minimum absolute atomic E-state index is 0.109. The van der Waals surface area contributed by atoms with Crippen LogP contribution < -0.4 is 14.4 Å². The first-order valence-electron chi connectivity index (χ1n) is 10.3. The predicted molar refractivity (Wildman–Crippen MR) is 126 cm³/mol. The van der Waals surface area contributed by atoms with Crippen molar-refractivity contribution in [2.45, 2.75) is 6.04 Å². The van der Waals surface area contributed by atoms with Crippen LogP contribution in [0, 0.1) is 10.1 Å². The molecule has 10 nitrogen and oxygen atoms in total. The monoisotopic (exact) mass is 476 g/mol. The molecule has 0 saturated carbocycles. The number of hydrogen-bond acceptors (Lipinski definition) is 8. The molecule has 1 unspecified atom stereocenters. The second-order valence-corrected chi connectivity index (χ2v) is 7.60. The van der Waals surface area contributed by atoms with Crippen LogP contribution in [0.3, 0.4) is 0 Å². The fraction of sp³-hybridized carbons (Fsp3) is 0.120. The predicted octanol–water partition coefficient (Wildman–Crippen LogP) is 3.94. The fourth-order valence-electron chi connectivity index (χ4n) is 3.92. The van der Waals surface area contributed by atoms with Crippen LogP contribution in [0.25, 0.3) is 5.76 Å². The fourth-order valence-corrected chi connectivity index (χ4v) is 3.92. The molecule has 1 saturated heterocycles. The number of nitro groups is 1. The standard InChI is InChI=1S/C25H20N2O8/c1-34-18-10-8-16(9-11-18)26-22(15-5-12-19(28)20(13-15)35-2)21(24(30)25(26)31)23(29)14-3-6-17(7-4-14)27(32)33/h3-13,22,28-29H,1-2H3/b23-21+. The Balaban J connectivity index is 1.92. The van der Waals surface area contributed by atoms with Crippen LogP contribution in [0.15, 0.2) is 72.3 Å². The van der Waals surface area contributed by atoms with Crippen LogP contribution in [0.2, 0.25) is 0 Å². The van der Waals surface area contributed by atoms with Crippen LogP contribution in [0.1, 0.15) is 17.2 Å². The number of nitro benzene ring substituents is 1. The van der Waals surface area contributed by atoms with Gasteiger partial charge in [-0.1, -0.05) is 6.07 Å². The number of phenolic OH excluding ortho intramolecular Hbond substituents is 1. The number of aromatic hydroxyl groups is 1. The van der Waals surface area contributed by atoms with Crippen molar-refractivity contribution < 1.29 is 34.2 Å². The van der Waals surface area contributed by atoms with Gasteiger partial charge in [0, 0.05) is 23.4 Å². The van der Waals surface area contributed by atoms with Crippen molar-refractivity contribution in [3.05, 3.63) is 93.5 Å². The SMILES string of the molecule is COc1ccc(N2C(=O)C(=O)/C(=C(/O)c3ccc([N+](=O)[O-])cc3)C2c2ccc(O)c(OC)c2)cc1. The number of anilines is 1. The van der Waals surface area contributed by atoms with E-state index in [1.807, 2.05) is 0 Å². The van der Waals surface area contributed by atoms with Gasteiger partial charge in [0.05, 0.1) is 30.8 Å². The summed E-state index contributed by atoms with van der Waals surface area (Å²) >= 11 is 0. The molecule has 3 aromatic rings. The zero-order valence-electron chi connectivity index (χ0n) is 18.7. The van der Waals surface area contributed by atoms with Gasteiger partial charge in [0.2, 0.25) is 0 Å². The maximum Gasteiger partial charge on any atom is 0.300 e. The summed E-state index contributed by atoms with van der Waals surface area (Å²) in [7, 11) is 2.85. The lowest BCUT2D eigenvalue weighted by Gasteiger charge is -2.26. The van der Waals surface area contributed by atoms with Gasteiger partial charge in [-0.05, 0) is 54.1 Å². The van der Waals surface area contributed by atoms with E-state index < -0.39 is 28.4 Å². The lowest BCUT2D eigenvalue weighted by atomic mass is 9.94. The van der Waals surface area contributed by atoms with Gasteiger partial charge in [0.15, 0.2) is 11.5 Å². The second kappa shape index (κ2) is 9.18. The number of nitrogens with zero attached hydrogens (tertiary/aromatic N) is 2. The molecule has 1 heterocycles. The topological polar surface area (TPSA) is 139 Å². The number of aliphatic hydroxyl groups is 1. The summed E-state index contributed by atoms with van der Waals surface area (Å²) < 4.78 is 10.4. The number of hydrogen-bond donors (Lipinski definition) is 2. The van der Waals surface area contributed by atoms with Crippen LogP contribution in [0.5, 0.6) is 17.2 Å². The zero-order valence-corrected chi connectivity index (χ0v) is 18.7. The van der Waals surface area contributed by atoms with Crippen molar-refractivity contribution in [1.82, 2.24) is 0 Å². The van der Waals surface area contributed by atoms with Crippen molar-refractivity contribution in [2.75, 3.05) is 19.1 Å². The highest BCUT2D eigenvalue weighted by molar-refractivity contribution is 6.51. The van der Waals surface area contributed by atoms with Gasteiger partial charge in [-0.15, -0.1) is 0 Å². The Morgan fingerprint density at radius 2 is 1.63 bits per heavy atom. The number of carbonyl (C=O) groups excluding carboxylic acids is 2. The Kier molecular flexibility index (Phi) is 6.11. The number of aliphatic hydroxyl groups excluding tert-OH is 1. The molecule has 1 amide bonds. The highest BCUT2D eigenvalue weighted by Crippen LogP contribution is 2.44. The van der Waals surface area contributed by atoms with E-state index in [0.29, 0.717) is 17.0 Å². The molecular formula is C25H20N2O8. The third kappa shape index (κ3) is 4.12. The van der Waals surface area contributed by atoms with Gasteiger partial charge in [-0.3, -0.25) is 24.6 Å². The smallest absolute Gasteiger partial charge is 0.300 e. The van der Waals surface area contributed by atoms with Crippen molar-refractivity contribution in [2.24, 2.45) is 0 Å². The van der Waals surface area contributed by atoms with Gasteiger partial charge >= 0.3 is 0 Å². The number of carbonyl (C=O) groups is 2. The Bertz CT molecular complexity index is 1350. The maximum absolute atomic E-state index is 13.2. The van der Waals surface area contributed by atoms with Gasteiger partial charge in [0.25, 0.3) is 17.4 Å². The molecular weight excluding hydrogens is 456 g/mol. The largest absolute Gasteiger partial charge is 0.507 e. The molecule has 35 heavy (non-hydrogen) atoms. The number of ketones is 1. The molecule has 178 valence electrons. The van der Waals surface area contributed by atoms with Gasteiger partial charge in [-0.2, -0.15) is 0 Å². The summed E-state index contributed by atoms with van der Waals surface area (Å²) in [6.07, 6.45) is 0. The molecule has 0 aliphatic carbocycles. The van der Waals surface area contributed by atoms with Crippen molar-refractivity contribution in [3.63, 3.8) is 0 Å². The first-order valence-corrected chi connectivity index (χ1v) is 10.3. The molecule has 10 heteroatoms. The number of methoxy groups -OCH3 is 2. The number of rotatable bonds is 6. The molecule has 1 aliphatic rings. The van der Waals surface area contributed by atoms with Gasteiger partial charge < -0.3 is 19.7 Å². The second-order valence-electron chi connectivity index (χ2n) is 7.60. The van der Waals surface area contributed by atoms with E-state index in [4.69, 9.17) is 9.47 Å². The van der Waals surface area contributed by atoms with Crippen LogP contribution in [0.4, 0.5) is 11.4 Å². The number of phenols is 1. The summed E-state index contributed by atoms with van der Waals surface area (Å²) in [4.78, 5) is 38.0. The summed E-state index contributed by atoms with van der Waals surface area (Å²) in [5, 5.41) is 32.1. The normalized spacial score (nSPS) is 16.9. The van der Waals surface area contributed by atoms with Crippen LogP contribution in [-0.2, 0) is 9.59 Å². The highest BCUT2D eigenvalue weighted by Gasteiger charge is 2.47. The van der Waals surface area contributed by atoms with E-state index in [1.165, 1.54) is 61.6 Å². The van der Waals surface area contributed by atoms with E-state index in [9.17, 15) is 29.9 Å². The Labute approximate surface area is 199 Å². The summed E-state index contributed by atoms with van der Waals surface area (Å²) in [6, 6.07) is 14.7. The Morgan fingerprint density at radius 3 is 2.20 bits per heavy atom. The van der Waals surface area contributed by atoms with E-state index in [-0.39, 0.29) is 28.3 Å².